The first-order chi connectivity index (χ1) is 7.90. The molecule has 0 aliphatic heterocycles. The fraction of sp³-hybridized carbons (Fsp3) is 0.0667. The van der Waals surface area contributed by atoms with Crippen LogP contribution < -0.4 is 0 Å². The van der Waals surface area contributed by atoms with Crippen molar-refractivity contribution in [3.8, 4) is 0 Å². The fourth-order valence-corrected chi connectivity index (χ4v) is 2.76. The van der Waals surface area contributed by atoms with Gasteiger partial charge in [-0.25, -0.2) is 0 Å². The molecule has 0 amide bonds. The monoisotopic (exact) mass is 271 g/mol. The zero-order valence-corrected chi connectivity index (χ0v) is 10.5. The van der Waals surface area contributed by atoms with Gasteiger partial charge >= 0.3 is 103 Å². The molecule has 0 spiro atoms. The Morgan fingerprint density at radius 3 is 2.38 bits per heavy atom. The number of hydrogen-bond acceptors (Lipinski definition) is 0. The molecule has 3 aromatic rings. The number of hydrogen-bond donors (Lipinski definition) is 0. The maximum atomic E-state index is 3.12. The molecule has 3 rings (SSSR count). The Labute approximate surface area is 103 Å². The zero-order chi connectivity index (χ0) is 11.0. The first-order valence-electron chi connectivity index (χ1n) is 5.37. The van der Waals surface area contributed by atoms with Crippen molar-refractivity contribution in [3.63, 3.8) is 0 Å². The summed E-state index contributed by atoms with van der Waals surface area (Å²) in [5, 5.41) is 6.35. The molecule has 77 valence electrons. The minimum absolute atomic E-state index is 0.964. The van der Waals surface area contributed by atoms with Crippen molar-refractivity contribution in [2.75, 3.05) is 0 Å². The second-order valence-electron chi connectivity index (χ2n) is 3.95. The summed E-state index contributed by atoms with van der Waals surface area (Å²) in [7, 11) is 0. The van der Waals surface area contributed by atoms with Crippen LogP contribution in [0.3, 0.4) is 0 Å². The van der Waals surface area contributed by atoms with Crippen LogP contribution in [-0.4, -0.2) is 16.0 Å². The van der Waals surface area contributed by atoms with E-state index in [0.717, 1.165) is 5.32 Å². The van der Waals surface area contributed by atoms with E-state index in [-0.39, 0.29) is 0 Å². The van der Waals surface area contributed by atoms with Crippen molar-refractivity contribution in [1.29, 1.82) is 0 Å². The molecule has 0 nitrogen and oxygen atoms in total. The van der Waals surface area contributed by atoms with Crippen LogP contribution in [0.4, 0.5) is 0 Å². The predicted octanol–water partition coefficient (Wildman–Crippen LogP) is 3.66. The molecular weight excluding hydrogens is 259 g/mol. The molecule has 0 N–H and O–H groups in total. The van der Waals surface area contributed by atoms with Crippen LogP contribution in [0.15, 0.2) is 54.6 Å². The molecule has 0 heterocycles. The summed E-state index contributed by atoms with van der Waals surface area (Å²) in [6.07, 6.45) is 0. The standard InChI is InChI=1S/C15H11Se/c16-10-13-6-3-5-12-9-8-11-4-1-2-7-14(11)15(12)13/h1-9H,10H2. The van der Waals surface area contributed by atoms with Gasteiger partial charge in [0.2, 0.25) is 0 Å². The predicted molar refractivity (Wildman–Crippen MR) is 70.9 cm³/mol. The third-order valence-corrected chi connectivity index (χ3v) is 3.66. The summed E-state index contributed by atoms with van der Waals surface area (Å²) in [5.41, 5.74) is 1.38. The quantitative estimate of drug-likeness (QED) is 0.467. The third kappa shape index (κ3) is 1.44. The van der Waals surface area contributed by atoms with Crippen molar-refractivity contribution < 1.29 is 0 Å². The van der Waals surface area contributed by atoms with Gasteiger partial charge in [0.25, 0.3) is 0 Å². The average molecular weight is 270 g/mol. The van der Waals surface area contributed by atoms with E-state index >= 15 is 0 Å². The van der Waals surface area contributed by atoms with Crippen molar-refractivity contribution in [2.24, 2.45) is 0 Å². The van der Waals surface area contributed by atoms with E-state index in [1.54, 1.807) is 0 Å². The van der Waals surface area contributed by atoms with Gasteiger partial charge in [-0.3, -0.25) is 0 Å². The van der Waals surface area contributed by atoms with Gasteiger partial charge in [-0.15, -0.1) is 0 Å². The van der Waals surface area contributed by atoms with Gasteiger partial charge in [0.1, 0.15) is 0 Å². The molecular formula is C15H11Se. The fourth-order valence-electron chi connectivity index (χ4n) is 2.26. The Bertz CT molecular complexity index is 656. The maximum absolute atomic E-state index is 3.12. The van der Waals surface area contributed by atoms with Crippen LogP contribution in [0.25, 0.3) is 21.5 Å². The van der Waals surface area contributed by atoms with Gasteiger partial charge in [0.15, 0.2) is 0 Å². The average Bonchev–Trinajstić information content (AvgIpc) is 2.37. The topological polar surface area (TPSA) is 0 Å². The van der Waals surface area contributed by atoms with Crippen LogP contribution in [0, 0.1) is 0 Å². The van der Waals surface area contributed by atoms with Crippen molar-refractivity contribution in [1.82, 2.24) is 0 Å². The Hall–Kier alpha value is -1.30. The SMILES string of the molecule is [Se]Cc1cccc2ccc3ccccc3c12. The number of fused-ring (bicyclic) bond motifs is 3. The third-order valence-electron chi connectivity index (χ3n) is 3.01. The van der Waals surface area contributed by atoms with Crippen LogP contribution in [0.5, 0.6) is 0 Å². The van der Waals surface area contributed by atoms with E-state index in [0.29, 0.717) is 0 Å². The normalized spacial score (nSPS) is 11.1. The van der Waals surface area contributed by atoms with E-state index in [1.165, 1.54) is 27.1 Å². The molecule has 0 saturated carbocycles. The second-order valence-corrected chi connectivity index (χ2v) is 4.55. The molecule has 0 aliphatic rings. The van der Waals surface area contributed by atoms with Gasteiger partial charge in [-0.1, -0.05) is 0 Å². The Kier molecular flexibility index (Phi) is 2.43. The summed E-state index contributed by atoms with van der Waals surface area (Å²) >= 11 is 3.12. The summed E-state index contributed by atoms with van der Waals surface area (Å²) in [6, 6.07) is 19.5. The Morgan fingerprint density at radius 1 is 0.750 bits per heavy atom. The molecule has 1 radical (unpaired) electrons. The Morgan fingerprint density at radius 2 is 1.50 bits per heavy atom. The van der Waals surface area contributed by atoms with Gasteiger partial charge in [0, 0.05) is 0 Å². The first kappa shape index (κ1) is 9.89. The van der Waals surface area contributed by atoms with Gasteiger partial charge in [-0.2, -0.15) is 0 Å². The van der Waals surface area contributed by atoms with E-state index in [2.05, 4.69) is 70.6 Å². The Balaban J connectivity index is 2.57. The second kappa shape index (κ2) is 3.93. The molecule has 0 atom stereocenters. The molecule has 16 heavy (non-hydrogen) atoms. The summed E-state index contributed by atoms with van der Waals surface area (Å²) < 4.78 is 0. The number of rotatable bonds is 1. The molecule has 1 heteroatoms. The van der Waals surface area contributed by atoms with Crippen molar-refractivity contribution >= 4 is 37.6 Å². The summed E-state index contributed by atoms with van der Waals surface area (Å²) in [6.45, 7) is 0. The molecule has 0 aromatic heterocycles. The summed E-state index contributed by atoms with van der Waals surface area (Å²) in [5.74, 6) is 0. The van der Waals surface area contributed by atoms with Crippen molar-refractivity contribution in [3.05, 3.63) is 60.2 Å². The minimum atomic E-state index is 0.964. The zero-order valence-electron chi connectivity index (χ0n) is 8.81. The molecule has 0 bridgehead atoms. The van der Waals surface area contributed by atoms with Crippen molar-refractivity contribution in [2.45, 2.75) is 5.32 Å². The molecule has 0 aliphatic carbocycles. The van der Waals surface area contributed by atoms with E-state index < -0.39 is 0 Å². The van der Waals surface area contributed by atoms with Crippen LogP contribution in [0.1, 0.15) is 5.56 Å². The van der Waals surface area contributed by atoms with Gasteiger partial charge in [0.05, 0.1) is 0 Å². The van der Waals surface area contributed by atoms with Crippen LogP contribution in [0.2, 0.25) is 0 Å². The van der Waals surface area contributed by atoms with E-state index in [4.69, 9.17) is 0 Å². The van der Waals surface area contributed by atoms with Crippen LogP contribution in [-0.2, 0) is 5.32 Å². The molecule has 0 saturated heterocycles. The first-order valence-corrected chi connectivity index (χ1v) is 6.59. The van der Waals surface area contributed by atoms with E-state index in [9.17, 15) is 0 Å². The van der Waals surface area contributed by atoms with E-state index in [1.807, 2.05) is 0 Å². The van der Waals surface area contributed by atoms with Gasteiger partial charge < -0.3 is 0 Å². The molecule has 3 aromatic carbocycles. The number of benzene rings is 3. The molecule has 0 fully saturated rings. The summed E-state index contributed by atoms with van der Waals surface area (Å²) in [4.78, 5) is 0. The van der Waals surface area contributed by atoms with Gasteiger partial charge in [-0.05, 0) is 0 Å². The molecule has 0 unspecified atom stereocenters. The van der Waals surface area contributed by atoms with Crippen LogP contribution >= 0.6 is 0 Å².